The third kappa shape index (κ3) is 14.6. The Morgan fingerprint density at radius 2 is 1.36 bits per heavy atom. The van der Waals surface area contributed by atoms with Crippen molar-refractivity contribution in [3.05, 3.63) is 35.9 Å². The summed E-state index contributed by atoms with van der Waals surface area (Å²) in [5, 5.41) is 5.45. The third-order valence-corrected chi connectivity index (χ3v) is 6.66. The van der Waals surface area contributed by atoms with Crippen molar-refractivity contribution in [3.8, 4) is 0 Å². The largest absolute Gasteiger partial charge is 0.463 e. The molecule has 0 saturated carbocycles. The van der Waals surface area contributed by atoms with Crippen LogP contribution in [0.1, 0.15) is 78.2 Å². The summed E-state index contributed by atoms with van der Waals surface area (Å²) in [4.78, 5) is 59.0. The topological polar surface area (TPSA) is 165 Å². The summed E-state index contributed by atoms with van der Waals surface area (Å²) >= 11 is 0. The van der Waals surface area contributed by atoms with Gasteiger partial charge < -0.3 is 39.1 Å². The molecule has 5 atom stereocenters. The second kappa shape index (κ2) is 20.3. The number of benzene rings is 1. The van der Waals surface area contributed by atoms with Crippen LogP contribution in [0.25, 0.3) is 0 Å². The molecule has 1 aromatic rings. The molecule has 2 amide bonds. The van der Waals surface area contributed by atoms with E-state index in [-0.39, 0.29) is 13.2 Å². The summed E-state index contributed by atoms with van der Waals surface area (Å²) in [6.07, 6.45) is 1.71. The number of hydrogen-bond donors (Lipinski definition) is 2. The van der Waals surface area contributed by atoms with Crippen LogP contribution in [0.15, 0.2) is 30.3 Å². The first-order chi connectivity index (χ1) is 21.1. The number of rotatable bonds is 18. The van der Waals surface area contributed by atoms with Gasteiger partial charge in [0.25, 0.3) is 0 Å². The van der Waals surface area contributed by atoms with Crippen LogP contribution in [-0.2, 0) is 54.2 Å². The number of carbonyl (C=O) groups excluding carboxylic acids is 5. The minimum absolute atomic E-state index is 0.244. The van der Waals surface area contributed by atoms with E-state index < -0.39 is 60.6 Å². The van der Waals surface area contributed by atoms with Gasteiger partial charge in [-0.2, -0.15) is 0 Å². The molecular formula is C31H46N2O11. The minimum atomic E-state index is -1.15. The first-order valence-electron chi connectivity index (χ1n) is 15.0. The van der Waals surface area contributed by atoms with E-state index in [1.165, 1.54) is 27.7 Å². The molecule has 13 nitrogen and oxygen atoms in total. The highest BCUT2D eigenvalue weighted by atomic mass is 16.7. The number of ether oxygens (including phenoxy) is 6. The van der Waals surface area contributed by atoms with Gasteiger partial charge in [-0.1, -0.05) is 62.4 Å². The molecule has 2 N–H and O–H groups in total. The van der Waals surface area contributed by atoms with Gasteiger partial charge >= 0.3 is 24.0 Å². The lowest BCUT2D eigenvalue weighted by atomic mass is 9.96. The summed E-state index contributed by atoms with van der Waals surface area (Å²) in [6.45, 7) is 5.72. The van der Waals surface area contributed by atoms with Gasteiger partial charge in [0.2, 0.25) is 5.91 Å². The molecule has 1 fully saturated rings. The van der Waals surface area contributed by atoms with Crippen LogP contribution in [0.2, 0.25) is 0 Å². The molecule has 0 aliphatic carbocycles. The van der Waals surface area contributed by atoms with E-state index in [1.807, 2.05) is 30.3 Å². The van der Waals surface area contributed by atoms with E-state index in [0.717, 1.165) is 44.1 Å². The molecule has 1 saturated heterocycles. The highest BCUT2D eigenvalue weighted by Crippen LogP contribution is 2.28. The predicted octanol–water partition coefficient (Wildman–Crippen LogP) is 3.32. The van der Waals surface area contributed by atoms with Crippen LogP contribution in [0.4, 0.5) is 4.79 Å². The first kappa shape index (κ1) is 36.5. The first-order valence-corrected chi connectivity index (χ1v) is 15.0. The molecule has 1 aliphatic heterocycles. The smallest absolute Gasteiger partial charge is 0.407 e. The van der Waals surface area contributed by atoms with E-state index in [0.29, 0.717) is 19.6 Å². The molecule has 1 aliphatic rings. The van der Waals surface area contributed by atoms with Gasteiger partial charge in [-0.15, -0.1) is 0 Å². The van der Waals surface area contributed by atoms with Crippen LogP contribution in [0, 0.1) is 0 Å². The maximum atomic E-state index is 12.0. The Kier molecular flexibility index (Phi) is 16.8. The summed E-state index contributed by atoms with van der Waals surface area (Å²) in [6, 6.07) is 8.53. The van der Waals surface area contributed by atoms with Crippen molar-refractivity contribution in [2.45, 2.75) is 110 Å². The highest BCUT2D eigenvalue weighted by Gasteiger charge is 2.51. The number of amides is 2. The Hall–Kier alpha value is -3.71. The number of nitrogens with one attached hydrogen (secondary N) is 2. The zero-order valence-corrected chi connectivity index (χ0v) is 26.0. The molecule has 0 aromatic heterocycles. The van der Waals surface area contributed by atoms with Crippen molar-refractivity contribution in [1.82, 2.24) is 10.6 Å². The monoisotopic (exact) mass is 622 g/mol. The van der Waals surface area contributed by atoms with Crippen molar-refractivity contribution in [3.63, 3.8) is 0 Å². The molecule has 0 unspecified atom stereocenters. The fraction of sp³-hybridized carbons (Fsp3) is 0.645. The summed E-state index contributed by atoms with van der Waals surface area (Å²) < 4.78 is 33.1. The third-order valence-electron chi connectivity index (χ3n) is 6.66. The molecule has 246 valence electrons. The van der Waals surface area contributed by atoms with Crippen LogP contribution in [-0.4, -0.2) is 80.3 Å². The molecule has 13 heteroatoms. The Labute approximate surface area is 258 Å². The van der Waals surface area contributed by atoms with Gasteiger partial charge in [0.1, 0.15) is 25.4 Å². The van der Waals surface area contributed by atoms with Gasteiger partial charge in [-0.25, -0.2) is 4.79 Å². The van der Waals surface area contributed by atoms with Crippen molar-refractivity contribution >= 4 is 29.9 Å². The number of carbonyl (C=O) groups is 5. The van der Waals surface area contributed by atoms with Gasteiger partial charge in [0.15, 0.2) is 18.5 Å². The van der Waals surface area contributed by atoms with Crippen LogP contribution >= 0.6 is 0 Å². The molecule has 2 rings (SSSR count). The lowest BCUT2D eigenvalue weighted by Gasteiger charge is -2.44. The zero-order valence-electron chi connectivity index (χ0n) is 26.0. The predicted molar refractivity (Wildman–Crippen MR) is 157 cm³/mol. The highest BCUT2D eigenvalue weighted by molar-refractivity contribution is 5.73. The standard InChI is InChI=1S/C31H46N2O11/c1-21(34)33-27-29(43-24(4)37)28(42-23(3)36)26(20-40-22(2)35)44-30(27)39-18-14-9-7-5-6-8-13-17-32-31(38)41-19-25-15-11-10-12-16-25/h10-12,15-16,26-30H,5-9,13-14,17-20H2,1-4H3,(H,32,38)(H,33,34)/t26-,27-,28+,29-,30-/m1/s1. The zero-order chi connectivity index (χ0) is 32.3. The van der Waals surface area contributed by atoms with Gasteiger partial charge in [-0.05, 0) is 18.4 Å². The molecule has 44 heavy (non-hydrogen) atoms. The fourth-order valence-electron chi connectivity index (χ4n) is 4.71. The lowest BCUT2D eigenvalue weighted by molar-refractivity contribution is -0.277. The van der Waals surface area contributed by atoms with E-state index in [1.54, 1.807) is 0 Å². The van der Waals surface area contributed by atoms with Crippen molar-refractivity contribution in [1.29, 1.82) is 0 Å². The maximum absolute atomic E-state index is 12.0. The number of esters is 3. The minimum Gasteiger partial charge on any atom is -0.463 e. The van der Waals surface area contributed by atoms with Gasteiger partial charge in [0, 0.05) is 40.8 Å². The number of unbranched alkanes of at least 4 members (excludes halogenated alkanes) is 6. The Morgan fingerprint density at radius 1 is 0.750 bits per heavy atom. The summed E-state index contributed by atoms with van der Waals surface area (Å²) in [5.74, 6) is -2.32. The normalized spacial score (nSPS) is 21.0. The summed E-state index contributed by atoms with van der Waals surface area (Å²) in [5.41, 5.74) is 0.939. The average molecular weight is 623 g/mol. The Balaban J connectivity index is 1.74. The number of hydrogen-bond acceptors (Lipinski definition) is 11. The second-order valence-corrected chi connectivity index (χ2v) is 10.6. The van der Waals surface area contributed by atoms with Crippen molar-refractivity contribution in [2.75, 3.05) is 19.8 Å². The van der Waals surface area contributed by atoms with Crippen LogP contribution < -0.4 is 10.6 Å². The second-order valence-electron chi connectivity index (χ2n) is 10.6. The van der Waals surface area contributed by atoms with Crippen molar-refractivity contribution < 1.29 is 52.4 Å². The molecule has 0 bridgehead atoms. The molecule has 0 radical (unpaired) electrons. The average Bonchev–Trinajstić information content (AvgIpc) is 2.96. The van der Waals surface area contributed by atoms with E-state index in [9.17, 15) is 24.0 Å². The van der Waals surface area contributed by atoms with Crippen LogP contribution in [0.5, 0.6) is 0 Å². The van der Waals surface area contributed by atoms with Gasteiger partial charge in [-0.3, -0.25) is 19.2 Å². The van der Waals surface area contributed by atoms with Gasteiger partial charge in [0.05, 0.1) is 0 Å². The summed E-state index contributed by atoms with van der Waals surface area (Å²) in [7, 11) is 0. The SMILES string of the molecule is CC(=O)N[C@H]1[C@H](OCCCCCCCCCNC(=O)OCc2ccccc2)O[C@H](COC(C)=O)[C@H](OC(C)=O)[C@@H]1OC(C)=O. The molecule has 1 heterocycles. The Bertz CT molecular complexity index is 1050. The fourth-order valence-corrected chi connectivity index (χ4v) is 4.71. The van der Waals surface area contributed by atoms with Crippen LogP contribution in [0.3, 0.4) is 0 Å². The van der Waals surface area contributed by atoms with E-state index in [4.69, 9.17) is 28.4 Å². The molecule has 0 spiro atoms. The quantitative estimate of drug-likeness (QED) is 0.140. The Morgan fingerprint density at radius 3 is 1.98 bits per heavy atom. The maximum Gasteiger partial charge on any atom is 0.407 e. The van der Waals surface area contributed by atoms with E-state index in [2.05, 4.69) is 10.6 Å². The lowest BCUT2D eigenvalue weighted by Crippen LogP contribution is -2.66. The molecule has 1 aromatic carbocycles. The molecular weight excluding hydrogens is 576 g/mol. The van der Waals surface area contributed by atoms with Crippen molar-refractivity contribution in [2.24, 2.45) is 0 Å². The van der Waals surface area contributed by atoms with E-state index >= 15 is 0 Å². The number of alkyl carbamates (subject to hydrolysis) is 1.